The van der Waals surface area contributed by atoms with Crippen LogP contribution in [0.3, 0.4) is 0 Å². The molecule has 2 aromatic carbocycles. The standard InChI is InChI=1S/C18H13O3/c1-10-12-7-6-11(8-14(10)12)9-15-17(19)13-4-2-3-5-16(13)21-18(15)20/h2-8,10,19H,1,9H2. The lowest BCUT2D eigenvalue weighted by atomic mass is 10.0. The molecule has 0 fully saturated rings. The van der Waals surface area contributed by atoms with E-state index in [2.05, 4.69) is 6.92 Å². The molecule has 1 N–H and O–H groups in total. The van der Waals surface area contributed by atoms with Crippen molar-refractivity contribution in [3.8, 4) is 5.75 Å². The zero-order valence-electron chi connectivity index (χ0n) is 11.3. The normalized spacial score (nSPS) is 16.0. The van der Waals surface area contributed by atoms with Crippen molar-refractivity contribution in [3.63, 3.8) is 0 Å². The summed E-state index contributed by atoms with van der Waals surface area (Å²) in [7, 11) is 0. The Morgan fingerprint density at radius 3 is 2.76 bits per heavy atom. The molecule has 3 nitrogen and oxygen atoms in total. The molecular formula is C18H13O3. The molecule has 0 spiro atoms. The van der Waals surface area contributed by atoms with Gasteiger partial charge in [0.25, 0.3) is 0 Å². The predicted octanol–water partition coefficient (Wildman–Crippen LogP) is 3.37. The highest BCUT2D eigenvalue weighted by Gasteiger charge is 2.27. The van der Waals surface area contributed by atoms with Gasteiger partial charge in [-0.1, -0.05) is 30.3 Å². The Labute approximate surface area is 121 Å². The average molecular weight is 277 g/mol. The van der Waals surface area contributed by atoms with Gasteiger partial charge < -0.3 is 9.52 Å². The second-order valence-corrected chi connectivity index (χ2v) is 5.41. The van der Waals surface area contributed by atoms with Crippen molar-refractivity contribution < 1.29 is 9.52 Å². The lowest BCUT2D eigenvalue weighted by Gasteiger charge is -2.06. The molecule has 1 heterocycles. The minimum atomic E-state index is -0.484. The summed E-state index contributed by atoms with van der Waals surface area (Å²) in [4.78, 5) is 12.1. The second-order valence-electron chi connectivity index (χ2n) is 5.41. The Hall–Kier alpha value is -2.55. The maximum Gasteiger partial charge on any atom is 0.343 e. The van der Waals surface area contributed by atoms with E-state index in [1.54, 1.807) is 24.3 Å². The van der Waals surface area contributed by atoms with Crippen molar-refractivity contribution >= 4 is 11.0 Å². The largest absolute Gasteiger partial charge is 0.507 e. The minimum Gasteiger partial charge on any atom is -0.507 e. The Balaban J connectivity index is 1.81. The van der Waals surface area contributed by atoms with E-state index in [0.717, 1.165) is 5.56 Å². The van der Waals surface area contributed by atoms with Crippen LogP contribution >= 0.6 is 0 Å². The zero-order chi connectivity index (χ0) is 14.6. The van der Waals surface area contributed by atoms with Gasteiger partial charge in [-0.15, -0.1) is 0 Å². The molecule has 0 amide bonds. The van der Waals surface area contributed by atoms with Gasteiger partial charge in [0.05, 0.1) is 10.9 Å². The van der Waals surface area contributed by atoms with E-state index in [0.29, 0.717) is 23.0 Å². The molecule has 3 aromatic rings. The third kappa shape index (κ3) is 1.85. The summed E-state index contributed by atoms with van der Waals surface area (Å²) in [6.45, 7) is 4.01. The Kier molecular flexibility index (Phi) is 2.45. The number of hydrogen-bond donors (Lipinski definition) is 1. The van der Waals surface area contributed by atoms with Crippen molar-refractivity contribution in [1.82, 2.24) is 0 Å². The third-order valence-corrected chi connectivity index (χ3v) is 4.08. The van der Waals surface area contributed by atoms with E-state index < -0.39 is 5.63 Å². The predicted molar refractivity (Wildman–Crippen MR) is 80.6 cm³/mol. The molecule has 0 aliphatic heterocycles. The zero-order valence-corrected chi connectivity index (χ0v) is 11.3. The fraction of sp³-hybridized carbons (Fsp3) is 0.111. The molecule has 21 heavy (non-hydrogen) atoms. The van der Waals surface area contributed by atoms with Gasteiger partial charge in [0.15, 0.2) is 0 Å². The molecule has 1 aliphatic rings. The SMILES string of the molecule is [CH2]C1c2ccc(Cc3c(O)c4ccccc4oc3=O)cc21. The van der Waals surface area contributed by atoms with Crippen LogP contribution in [0.15, 0.2) is 51.7 Å². The topological polar surface area (TPSA) is 50.4 Å². The van der Waals surface area contributed by atoms with E-state index in [4.69, 9.17) is 4.42 Å². The number of rotatable bonds is 2. The van der Waals surface area contributed by atoms with Crippen LogP contribution in [-0.4, -0.2) is 5.11 Å². The first kappa shape index (κ1) is 12.2. The lowest BCUT2D eigenvalue weighted by molar-refractivity contribution is 0.458. The Morgan fingerprint density at radius 1 is 1.14 bits per heavy atom. The van der Waals surface area contributed by atoms with Crippen LogP contribution in [0.1, 0.15) is 28.2 Å². The van der Waals surface area contributed by atoms with Gasteiger partial charge in [0.2, 0.25) is 0 Å². The summed E-state index contributed by atoms with van der Waals surface area (Å²) in [5, 5.41) is 10.9. The van der Waals surface area contributed by atoms with Crippen molar-refractivity contribution in [2.45, 2.75) is 12.3 Å². The summed E-state index contributed by atoms with van der Waals surface area (Å²) in [5.41, 5.74) is 3.68. The number of para-hydroxylation sites is 1. The maximum atomic E-state index is 12.1. The van der Waals surface area contributed by atoms with Gasteiger partial charge in [-0.3, -0.25) is 0 Å². The highest BCUT2D eigenvalue weighted by atomic mass is 16.4. The molecule has 0 saturated carbocycles. The van der Waals surface area contributed by atoms with Crippen molar-refractivity contribution in [3.05, 3.63) is 82.1 Å². The molecule has 1 radical (unpaired) electrons. The molecular weight excluding hydrogens is 264 g/mol. The van der Waals surface area contributed by atoms with Crippen LogP contribution in [0.25, 0.3) is 11.0 Å². The molecule has 103 valence electrons. The van der Waals surface area contributed by atoms with Gasteiger partial charge in [0, 0.05) is 12.3 Å². The molecule has 1 aliphatic carbocycles. The van der Waals surface area contributed by atoms with Crippen molar-refractivity contribution in [2.75, 3.05) is 0 Å². The van der Waals surface area contributed by atoms with E-state index in [9.17, 15) is 9.90 Å². The van der Waals surface area contributed by atoms with Crippen LogP contribution < -0.4 is 5.63 Å². The molecule has 1 atom stereocenters. The van der Waals surface area contributed by atoms with E-state index in [-0.39, 0.29) is 11.7 Å². The molecule has 3 heteroatoms. The van der Waals surface area contributed by atoms with Crippen LogP contribution in [0.5, 0.6) is 5.75 Å². The van der Waals surface area contributed by atoms with Crippen LogP contribution in [-0.2, 0) is 6.42 Å². The Bertz CT molecular complexity index is 921. The first-order chi connectivity index (χ1) is 10.1. The van der Waals surface area contributed by atoms with Gasteiger partial charge in [0.1, 0.15) is 11.3 Å². The maximum absolute atomic E-state index is 12.1. The summed E-state index contributed by atoms with van der Waals surface area (Å²) in [5.74, 6) is 0.290. The summed E-state index contributed by atoms with van der Waals surface area (Å²) in [6, 6.07) is 13.0. The van der Waals surface area contributed by atoms with Crippen LogP contribution in [0.2, 0.25) is 0 Å². The van der Waals surface area contributed by atoms with E-state index >= 15 is 0 Å². The van der Waals surface area contributed by atoms with Crippen LogP contribution in [0.4, 0.5) is 0 Å². The van der Waals surface area contributed by atoms with Crippen molar-refractivity contribution in [1.29, 1.82) is 0 Å². The first-order valence-corrected chi connectivity index (χ1v) is 6.84. The number of fused-ring (bicyclic) bond motifs is 2. The summed E-state index contributed by atoms with van der Waals surface area (Å²) < 4.78 is 5.28. The van der Waals surface area contributed by atoms with E-state index in [1.807, 2.05) is 18.2 Å². The first-order valence-electron chi connectivity index (χ1n) is 6.84. The number of benzene rings is 2. The Morgan fingerprint density at radius 2 is 1.95 bits per heavy atom. The second kappa shape index (κ2) is 4.22. The highest BCUT2D eigenvalue weighted by Crippen LogP contribution is 2.43. The molecule has 1 aromatic heterocycles. The van der Waals surface area contributed by atoms with E-state index in [1.165, 1.54) is 11.1 Å². The molecule has 0 bridgehead atoms. The smallest absolute Gasteiger partial charge is 0.343 e. The van der Waals surface area contributed by atoms with Gasteiger partial charge in [-0.25, -0.2) is 4.79 Å². The third-order valence-electron chi connectivity index (χ3n) is 4.08. The van der Waals surface area contributed by atoms with Crippen molar-refractivity contribution in [2.24, 2.45) is 0 Å². The number of hydrogen-bond acceptors (Lipinski definition) is 3. The van der Waals surface area contributed by atoms with Crippen LogP contribution in [0, 0.1) is 6.92 Å². The number of aromatic hydroxyl groups is 1. The lowest BCUT2D eigenvalue weighted by Crippen LogP contribution is -2.08. The monoisotopic (exact) mass is 277 g/mol. The van der Waals surface area contributed by atoms with Gasteiger partial charge in [-0.05, 0) is 35.7 Å². The summed E-state index contributed by atoms with van der Waals surface area (Å²) >= 11 is 0. The minimum absolute atomic E-state index is 0.0119. The fourth-order valence-corrected chi connectivity index (χ4v) is 2.79. The van der Waals surface area contributed by atoms with Gasteiger partial charge in [-0.2, -0.15) is 0 Å². The molecule has 1 unspecified atom stereocenters. The summed E-state index contributed by atoms with van der Waals surface area (Å²) in [6.07, 6.45) is 0.360. The van der Waals surface area contributed by atoms with Gasteiger partial charge >= 0.3 is 5.63 Å². The average Bonchev–Trinajstić information content (AvgIpc) is 3.13. The quantitative estimate of drug-likeness (QED) is 0.731. The molecule has 0 saturated heterocycles. The highest BCUT2D eigenvalue weighted by molar-refractivity contribution is 5.84. The fourth-order valence-electron chi connectivity index (χ4n) is 2.79. The molecule has 4 rings (SSSR count).